The van der Waals surface area contributed by atoms with Crippen LogP contribution in [-0.2, 0) is 16.1 Å². The lowest BCUT2D eigenvalue weighted by atomic mass is 10.1. The molecule has 0 aliphatic heterocycles. The highest BCUT2D eigenvalue weighted by Crippen LogP contribution is 2.34. The molecule has 2 aromatic heterocycles. The van der Waals surface area contributed by atoms with E-state index in [1.807, 2.05) is 6.92 Å². The summed E-state index contributed by atoms with van der Waals surface area (Å²) < 4.78 is 6.29. The zero-order valence-electron chi connectivity index (χ0n) is 16.4. The number of nitrogens with zero attached hydrogens (tertiary/aromatic N) is 4. The monoisotopic (exact) mass is 423 g/mol. The van der Waals surface area contributed by atoms with Crippen molar-refractivity contribution in [3.05, 3.63) is 38.4 Å². The lowest BCUT2D eigenvalue weighted by molar-refractivity contribution is -0.389. The highest BCUT2D eigenvalue weighted by Gasteiger charge is 2.27. The van der Waals surface area contributed by atoms with Crippen LogP contribution in [0.4, 0.5) is 10.8 Å². The lowest BCUT2D eigenvalue weighted by Crippen LogP contribution is -2.21. The van der Waals surface area contributed by atoms with E-state index in [4.69, 9.17) is 4.74 Å². The number of hydrogen-bond acceptors (Lipinski definition) is 8. The molecule has 2 amide bonds. The minimum absolute atomic E-state index is 0.119. The summed E-state index contributed by atoms with van der Waals surface area (Å²) in [5.74, 6) is -1.88. The highest BCUT2D eigenvalue weighted by atomic mass is 32.1. The van der Waals surface area contributed by atoms with Crippen LogP contribution in [0.25, 0.3) is 0 Å². The Labute approximate surface area is 170 Å². The fourth-order valence-corrected chi connectivity index (χ4v) is 3.60. The van der Waals surface area contributed by atoms with Crippen molar-refractivity contribution in [1.29, 1.82) is 0 Å². The van der Waals surface area contributed by atoms with Gasteiger partial charge in [-0.25, -0.2) is 4.79 Å². The van der Waals surface area contributed by atoms with Gasteiger partial charge in [0.15, 0.2) is 0 Å². The zero-order valence-corrected chi connectivity index (χ0v) is 17.2. The highest BCUT2D eigenvalue weighted by molar-refractivity contribution is 7.18. The number of ether oxygens (including phenoxy) is 1. The number of esters is 1. The van der Waals surface area contributed by atoms with Crippen LogP contribution in [0.3, 0.4) is 0 Å². The number of aromatic nitrogens is 2. The molecule has 0 bridgehead atoms. The van der Waals surface area contributed by atoms with Crippen LogP contribution in [-0.4, -0.2) is 58.1 Å². The molecule has 12 heteroatoms. The van der Waals surface area contributed by atoms with E-state index >= 15 is 0 Å². The van der Waals surface area contributed by atoms with Crippen LogP contribution < -0.4 is 5.32 Å². The summed E-state index contributed by atoms with van der Waals surface area (Å²) in [5.41, 5.74) is 0.535. The molecule has 0 spiro atoms. The molecule has 0 aromatic carbocycles. The van der Waals surface area contributed by atoms with Crippen LogP contribution in [0, 0.1) is 17.0 Å². The molecule has 29 heavy (non-hydrogen) atoms. The van der Waals surface area contributed by atoms with E-state index in [0.717, 1.165) is 16.0 Å². The number of hydrogen-bond donors (Lipinski definition) is 1. The Hall–Kier alpha value is -3.28. The van der Waals surface area contributed by atoms with Crippen molar-refractivity contribution < 1.29 is 24.0 Å². The van der Waals surface area contributed by atoms with Crippen molar-refractivity contribution in [3.63, 3.8) is 0 Å². The summed E-state index contributed by atoms with van der Waals surface area (Å²) in [6.07, 6.45) is 1.92. The first-order valence-corrected chi connectivity index (χ1v) is 9.47. The second kappa shape index (κ2) is 9.28. The smallest absolute Gasteiger partial charge is 0.389 e. The molecule has 0 radical (unpaired) electrons. The van der Waals surface area contributed by atoms with Crippen molar-refractivity contribution in [2.24, 2.45) is 0 Å². The fourth-order valence-electron chi connectivity index (χ4n) is 2.37. The quantitative estimate of drug-likeness (QED) is 0.390. The molecule has 0 saturated carbocycles. The lowest BCUT2D eigenvalue weighted by Gasteiger charge is -2.09. The Bertz CT molecular complexity index is 948. The maximum absolute atomic E-state index is 12.5. The molecule has 0 aliphatic rings. The van der Waals surface area contributed by atoms with Crippen LogP contribution in [0.5, 0.6) is 0 Å². The number of anilines is 1. The van der Waals surface area contributed by atoms with Gasteiger partial charge in [-0.3, -0.25) is 9.59 Å². The third-order valence-corrected chi connectivity index (χ3v) is 4.96. The van der Waals surface area contributed by atoms with E-state index in [9.17, 15) is 24.5 Å². The van der Waals surface area contributed by atoms with Crippen molar-refractivity contribution in [1.82, 2.24) is 14.7 Å². The van der Waals surface area contributed by atoms with Gasteiger partial charge >= 0.3 is 11.8 Å². The second-order valence-corrected chi connectivity index (χ2v) is 7.29. The molecule has 1 N–H and O–H groups in total. The van der Waals surface area contributed by atoms with Crippen LogP contribution in [0.2, 0.25) is 0 Å². The van der Waals surface area contributed by atoms with Gasteiger partial charge in [0.25, 0.3) is 5.91 Å². The third kappa shape index (κ3) is 5.16. The summed E-state index contributed by atoms with van der Waals surface area (Å²) in [6, 6.07) is 1.17. The van der Waals surface area contributed by atoms with Crippen molar-refractivity contribution in [2.75, 3.05) is 26.0 Å². The van der Waals surface area contributed by atoms with Gasteiger partial charge in [-0.2, -0.15) is 4.68 Å². The zero-order chi connectivity index (χ0) is 21.7. The van der Waals surface area contributed by atoms with E-state index in [-0.39, 0.29) is 35.4 Å². The predicted octanol–water partition coefficient (Wildman–Crippen LogP) is 2.07. The Morgan fingerprint density at radius 1 is 1.38 bits per heavy atom. The van der Waals surface area contributed by atoms with E-state index in [2.05, 4.69) is 10.4 Å². The first-order chi connectivity index (χ1) is 13.6. The minimum Gasteiger partial charge on any atom is -0.462 e. The van der Waals surface area contributed by atoms with E-state index in [1.54, 1.807) is 21.0 Å². The summed E-state index contributed by atoms with van der Waals surface area (Å²) in [4.78, 5) is 49.0. The molecule has 0 unspecified atom stereocenters. The molecule has 0 fully saturated rings. The number of carbonyl (C=O) groups is 3. The van der Waals surface area contributed by atoms with Gasteiger partial charge in [0, 0.05) is 14.1 Å². The van der Waals surface area contributed by atoms with E-state index in [0.29, 0.717) is 16.9 Å². The number of carbonyl (C=O) groups excluding carboxylic acids is 3. The molecular weight excluding hydrogens is 402 g/mol. The predicted molar refractivity (Wildman–Crippen MR) is 105 cm³/mol. The number of thiophene rings is 1. The molecule has 0 aliphatic carbocycles. The maximum Gasteiger partial charge on any atom is 0.389 e. The summed E-state index contributed by atoms with van der Waals surface area (Å²) >= 11 is 0.971. The second-order valence-electron chi connectivity index (χ2n) is 6.27. The van der Waals surface area contributed by atoms with E-state index < -0.39 is 16.8 Å². The van der Waals surface area contributed by atoms with Crippen molar-refractivity contribution >= 4 is 39.9 Å². The third-order valence-electron chi connectivity index (χ3n) is 3.76. The molecule has 2 heterocycles. The summed E-state index contributed by atoms with van der Waals surface area (Å²) in [5, 5.41) is 17.1. The molecule has 0 saturated heterocycles. The fraction of sp³-hybridized carbons (Fsp3) is 0.412. The first kappa shape index (κ1) is 22.0. The van der Waals surface area contributed by atoms with Crippen molar-refractivity contribution in [3.8, 4) is 0 Å². The standard InChI is InChI=1S/C17H21N5O6S/c1-5-8-28-17(25)13-10(2)14(16(24)20(3)4)29-15(13)18-12(23)9-21-7-6-11(19-21)22(26)27/h6-7H,5,8-9H2,1-4H3,(H,18,23). The van der Waals surface area contributed by atoms with Crippen molar-refractivity contribution in [2.45, 2.75) is 26.8 Å². The summed E-state index contributed by atoms with van der Waals surface area (Å²) in [6.45, 7) is 3.36. The van der Waals surface area contributed by atoms with Gasteiger partial charge < -0.3 is 25.1 Å². The first-order valence-electron chi connectivity index (χ1n) is 8.65. The summed E-state index contributed by atoms with van der Waals surface area (Å²) in [7, 11) is 3.17. The van der Waals surface area contributed by atoms with Gasteiger partial charge in [-0.1, -0.05) is 6.92 Å². The average Bonchev–Trinajstić information content (AvgIpc) is 3.23. The van der Waals surface area contributed by atoms with Gasteiger partial charge in [0.2, 0.25) is 5.91 Å². The van der Waals surface area contributed by atoms with Crippen LogP contribution in [0.1, 0.15) is 38.9 Å². The largest absolute Gasteiger partial charge is 0.462 e. The Morgan fingerprint density at radius 3 is 2.62 bits per heavy atom. The average molecular weight is 423 g/mol. The minimum atomic E-state index is -0.669. The van der Waals surface area contributed by atoms with Gasteiger partial charge in [0.05, 0.1) is 34.4 Å². The molecule has 2 aromatic rings. The molecule has 2 rings (SSSR count). The molecular formula is C17H21N5O6S. The van der Waals surface area contributed by atoms with Gasteiger partial charge in [-0.05, 0) is 23.8 Å². The van der Waals surface area contributed by atoms with Gasteiger partial charge in [0.1, 0.15) is 11.5 Å². The van der Waals surface area contributed by atoms with Gasteiger partial charge in [-0.15, -0.1) is 11.3 Å². The number of amides is 2. The number of nitro groups is 1. The van der Waals surface area contributed by atoms with Crippen LogP contribution >= 0.6 is 11.3 Å². The molecule has 156 valence electrons. The molecule has 11 nitrogen and oxygen atoms in total. The Balaban J connectivity index is 2.29. The topological polar surface area (TPSA) is 137 Å². The van der Waals surface area contributed by atoms with Crippen LogP contribution in [0.15, 0.2) is 12.3 Å². The van der Waals surface area contributed by atoms with E-state index in [1.165, 1.54) is 17.2 Å². The number of rotatable bonds is 8. The molecule has 0 atom stereocenters. The SMILES string of the molecule is CCCOC(=O)c1c(NC(=O)Cn2ccc([N+](=O)[O-])n2)sc(C(=O)N(C)C)c1C. The maximum atomic E-state index is 12.5. The number of nitrogens with one attached hydrogen (secondary N) is 1. The Kier molecular flexibility index (Phi) is 7.04. The Morgan fingerprint density at radius 2 is 2.07 bits per heavy atom. The normalized spacial score (nSPS) is 10.5.